The lowest BCUT2D eigenvalue weighted by Gasteiger charge is -2.00. The second-order valence-corrected chi connectivity index (χ2v) is 5.02. The van der Waals surface area contributed by atoms with Gasteiger partial charge in [-0.05, 0) is 44.0 Å². The third-order valence-corrected chi connectivity index (χ3v) is 3.42. The molecule has 0 fully saturated rings. The Morgan fingerprint density at radius 3 is 2.82 bits per heavy atom. The molecular weight excluding hydrogens is 354 g/mol. The quantitative estimate of drug-likeness (QED) is 0.910. The molecule has 0 aromatic carbocycles. The minimum absolute atomic E-state index is 0.188. The molecule has 0 saturated heterocycles. The minimum atomic E-state index is -0.188. The lowest BCUT2D eigenvalue weighted by atomic mass is 10.4. The van der Waals surface area contributed by atoms with Crippen molar-refractivity contribution in [2.75, 3.05) is 7.11 Å². The monoisotopic (exact) mass is 361 g/mol. The van der Waals surface area contributed by atoms with E-state index in [-0.39, 0.29) is 5.56 Å². The summed E-state index contributed by atoms with van der Waals surface area (Å²) in [6.45, 7) is 0.333. The Morgan fingerprint density at radius 2 is 2.24 bits per heavy atom. The molecule has 2 aromatic heterocycles. The zero-order valence-electron chi connectivity index (χ0n) is 8.91. The first-order valence-corrected chi connectivity index (χ1v) is 6.32. The van der Waals surface area contributed by atoms with Gasteiger partial charge in [0, 0.05) is 17.8 Å². The highest BCUT2D eigenvalue weighted by atomic mass is 79.9. The van der Waals surface area contributed by atoms with Crippen molar-refractivity contribution in [2.45, 2.75) is 6.61 Å². The van der Waals surface area contributed by atoms with Crippen molar-refractivity contribution in [2.24, 2.45) is 0 Å². The Kier molecular flexibility index (Phi) is 3.80. The number of aromatic amines is 1. The predicted molar refractivity (Wildman–Crippen MR) is 70.3 cm³/mol. The van der Waals surface area contributed by atoms with Gasteiger partial charge in [-0.25, -0.2) is 9.67 Å². The van der Waals surface area contributed by atoms with Crippen LogP contribution in [-0.2, 0) is 11.3 Å². The molecule has 0 atom stereocenters. The van der Waals surface area contributed by atoms with Crippen LogP contribution in [0.5, 0.6) is 0 Å². The van der Waals surface area contributed by atoms with Crippen molar-refractivity contribution in [3.05, 3.63) is 43.3 Å². The average Bonchev–Trinajstić information content (AvgIpc) is 2.59. The number of halogens is 2. The Bertz CT molecular complexity index is 574. The van der Waals surface area contributed by atoms with E-state index in [1.165, 1.54) is 4.68 Å². The highest BCUT2D eigenvalue weighted by Crippen LogP contribution is 2.14. The molecule has 0 saturated carbocycles. The molecule has 0 aliphatic rings. The molecule has 5 nitrogen and oxygen atoms in total. The van der Waals surface area contributed by atoms with Crippen LogP contribution in [0, 0.1) is 0 Å². The van der Waals surface area contributed by atoms with E-state index in [9.17, 15) is 4.79 Å². The Hall–Kier alpha value is -0.920. The van der Waals surface area contributed by atoms with Crippen LogP contribution in [0.3, 0.4) is 0 Å². The van der Waals surface area contributed by atoms with Crippen molar-refractivity contribution in [3.8, 4) is 5.82 Å². The SMILES string of the molecule is COCc1[nH]n(-c2ccc(Br)cn2)c(=O)c1Br. The molecule has 0 amide bonds. The summed E-state index contributed by atoms with van der Waals surface area (Å²) in [7, 11) is 1.57. The normalized spacial score (nSPS) is 10.8. The smallest absolute Gasteiger partial charge is 0.287 e. The fourth-order valence-corrected chi connectivity index (χ4v) is 1.98. The summed E-state index contributed by atoms with van der Waals surface area (Å²) in [4.78, 5) is 16.1. The number of aromatic nitrogens is 3. The van der Waals surface area contributed by atoms with Crippen molar-refractivity contribution in [3.63, 3.8) is 0 Å². The number of ether oxygens (including phenoxy) is 1. The number of pyridine rings is 1. The Morgan fingerprint density at radius 1 is 1.47 bits per heavy atom. The van der Waals surface area contributed by atoms with Gasteiger partial charge in [-0.3, -0.25) is 9.89 Å². The molecule has 0 bridgehead atoms. The summed E-state index contributed by atoms with van der Waals surface area (Å²) >= 11 is 6.52. The number of hydrogen-bond donors (Lipinski definition) is 1. The van der Waals surface area contributed by atoms with E-state index < -0.39 is 0 Å². The highest BCUT2D eigenvalue weighted by Gasteiger charge is 2.12. The third kappa shape index (κ3) is 2.51. The number of methoxy groups -OCH3 is 1. The van der Waals surface area contributed by atoms with Crippen molar-refractivity contribution < 1.29 is 4.74 Å². The summed E-state index contributed by atoms with van der Waals surface area (Å²) in [5, 5.41) is 2.94. The molecular formula is C10H9Br2N3O2. The molecule has 0 aliphatic carbocycles. The van der Waals surface area contributed by atoms with Gasteiger partial charge >= 0.3 is 0 Å². The van der Waals surface area contributed by atoms with Gasteiger partial charge in [-0.1, -0.05) is 0 Å². The summed E-state index contributed by atoms with van der Waals surface area (Å²) in [5.41, 5.74) is 0.495. The van der Waals surface area contributed by atoms with Crippen molar-refractivity contribution >= 4 is 31.9 Å². The minimum Gasteiger partial charge on any atom is -0.378 e. The molecule has 2 rings (SSSR count). The molecule has 90 valence electrons. The van der Waals surface area contributed by atoms with Crippen LogP contribution in [0.4, 0.5) is 0 Å². The first-order valence-electron chi connectivity index (χ1n) is 4.73. The van der Waals surface area contributed by atoms with Gasteiger partial charge in [0.25, 0.3) is 5.56 Å². The van der Waals surface area contributed by atoms with E-state index in [1.54, 1.807) is 19.4 Å². The van der Waals surface area contributed by atoms with Crippen LogP contribution < -0.4 is 5.56 Å². The van der Waals surface area contributed by atoms with Gasteiger partial charge in [0.2, 0.25) is 0 Å². The third-order valence-electron chi connectivity index (χ3n) is 2.13. The summed E-state index contributed by atoms with van der Waals surface area (Å²) in [6, 6.07) is 3.56. The van der Waals surface area contributed by atoms with E-state index in [0.717, 1.165) is 4.47 Å². The van der Waals surface area contributed by atoms with Crippen molar-refractivity contribution in [1.82, 2.24) is 14.8 Å². The maximum Gasteiger partial charge on any atom is 0.287 e. The van der Waals surface area contributed by atoms with Crippen LogP contribution in [0.1, 0.15) is 5.69 Å². The lowest BCUT2D eigenvalue weighted by molar-refractivity contribution is 0.180. The van der Waals surface area contributed by atoms with Gasteiger partial charge in [0.1, 0.15) is 4.47 Å². The fourth-order valence-electron chi connectivity index (χ4n) is 1.36. The fraction of sp³-hybridized carbons (Fsp3) is 0.200. The maximum atomic E-state index is 11.9. The van der Waals surface area contributed by atoms with E-state index in [4.69, 9.17) is 4.74 Å². The molecule has 17 heavy (non-hydrogen) atoms. The number of nitrogens with one attached hydrogen (secondary N) is 1. The van der Waals surface area contributed by atoms with E-state index >= 15 is 0 Å². The summed E-state index contributed by atoms with van der Waals surface area (Å²) in [6.07, 6.45) is 1.63. The first-order chi connectivity index (χ1) is 8.13. The Labute approximate surface area is 114 Å². The van der Waals surface area contributed by atoms with E-state index in [0.29, 0.717) is 22.6 Å². The Balaban J connectivity index is 2.49. The second kappa shape index (κ2) is 5.16. The number of rotatable bonds is 3. The molecule has 0 unspecified atom stereocenters. The van der Waals surface area contributed by atoms with Crippen LogP contribution in [-0.4, -0.2) is 21.9 Å². The summed E-state index contributed by atoms with van der Waals surface area (Å²) in [5.74, 6) is 0.529. The summed E-state index contributed by atoms with van der Waals surface area (Å²) < 4.78 is 7.68. The number of nitrogens with zero attached hydrogens (tertiary/aromatic N) is 2. The zero-order valence-corrected chi connectivity index (χ0v) is 12.1. The van der Waals surface area contributed by atoms with Crippen LogP contribution >= 0.6 is 31.9 Å². The first kappa shape index (κ1) is 12.5. The molecule has 0 aliphatic heterocycles. The predicted octanol–water partition coefficient (Wildman–Crippen LogP) is 2.23. The molecule has 2 heterocycles. The van der Waals surface area contributed by atoms with Gasteiger partial charge < -0.3 is 4.74 Å². The van der Waals surface area contributed by atoms with E-state index in [2.05, 4.69) is 41.9 Å². The molecule has 0 spiro atoms. The molecule has 0 radical (unpaired) electrons. The zero-order chi connectivity index (χ0) is 12.4. The standard InChI is InChI=1S/C10H9Br2N3O2/c1-17-5-7-9(12)10(16)15(14-7)8-3-2-6(11)4-13-8/h2-4,14H,5H2,1H3. The van der Waals surface area contributed by atoms with Crippen LogP contribution in [0.15, 0.2) is 32.1 Å². The molecule has 2 aromatic rings. The number of H-pyrrole nitrogens is 1. The molecule has 1 N–H and O–H groups in total. The highest BCUT2D eigenvalue weighted by molar-refractivity contribution is 9.10. The van der Waals surface area contributed by atoms with Crippen molar-refractivity contribution in [1.29, 1.82) is 0 Å². The maximum absolute atomic E-state index is 11.9. The number of hydrogen-bond acceptors (Lipinski definition) is 3. The van der Waals surface area contributed by atoms with Crippen LogP contribution in [0.2, 0.25) is 0 Å². The van der Waals surface area contributed by atoms with Gasteiger partial charge in [-0.15, -0.1) is 0 Å². The largest absolute Gasteiger partial charge is 0.378 e. The van der Waals surface area contributed by atoms with Gasteiger partial charge in [-0.2, -0.15) is 0 Å². The van der Waals surface area contributed by atoms with Gasteiger partial charge in [0.05, 0.1) is 12.3 Å². The lowest BCUT2D eigenvalue weighted by Crippen LogP contribution is -2.15. The van der Waals surface area contributed by atoms with Crippen LogP contribution in [0.25, 0.3) is 5.82 Å². The average molecular weight is 363 g/mol. The topological polar surface area (TPSA) is 59.9 Å². The van der Waals surface area contributed by atoms with E-state index in [1.807, 2.05) is 6.07 Å². The molecule has 7 heteroatoms. The second-order valence-electron chi connectivity index (χ2n) is 3.31. The van der Waals surface area contributed by atoms with Gasteiger partial charge in [0.15, 0.2) is 5.82 Å².